The molecule has 0 fully saturated rings. The minimum absolute atomic E-state index is 0.266. The van der Waals surface area contributed by atoms with Crippen molar-refractivity contribution in [3.05, 3.63) is 94.5 Å². The Morgan fingerprint density at radius 3 is 2.28 bits per heavy atom. The van der Waals surface area contributed by atoms with Crippen LogP contribution in [0.5, 0.6) is 0 Å². The number of hydrazone groups is 1. The normalized spacial score (nSPS) is 17.8. The van der Waals surface area contributed by atoms with Gasteiger partial charge < -0.3 is 5.32 Å². The Morgan fingerprint density at radius 2 is 1.62 bits per heavy atom. The number of carbonyl (C=O) groups is 1. The van der Waals surface area contributed by atoms with E-state index in [1.807, 2.05) is 54.2 Å². The maximum Gasteiger partial charge on any atom is 0.342 e. The lowest BCUT2D eigenvalue weighted by atomic mass is 9.80. The van der Waals surface area contributed by atoms with Crippen molar-refractivity contribution in [2.24, 2.45) is 10.5 Å². The Hall–Kier alpha value is -2.47. The molecule has 0 aliphatic carbocycles. The van der Waals surface area contributed by atoms with Crippen LogP contribution in [0.15, 0.2) is 88.9 Å². The average molecular weight is 484 g/mol. The van der Waals surface area contributed by atoms with Crippen molar-refractivity contribution in [2.45, 2.75) is 18.2 Å². The first kappa shape index (κ1) is 22.7. The van der Waals surface area contributed by atoms with E-state index in [0.29, 0.717) is 22.3 Å². The van der Waals surface area contributed by atoms with Crippen LogP contribution in [0.4, 0.5) is 10.5 Å². The van der Waals surface area contributed by atoms with Crippen molar-refractivity contribution >= 4 is 52.4 Å². The fourth-order valence-corrected chi connectivity index (χ4v) is 5.03. The van der Waals surface area contributed by atoms with Gasteiger partial charge in [0.15, 0.2) is 0 Å². The Kier molecular flexibility index (Phi) is 7.09. The van der Waals surface area contributed by atoms with E-state index >= 15 is 0 Å². The van der Waals surface area contributed by atoms with E-state index in [2.05, 4.69) is 24.4 Å². The van der Waals surface area contributed by atoms with Crippen LogP contribution in [0.3, 0.4) is 0 Å². The molecule has 1 atom stereocenters. The van der Waals surface area contributed by atoms with E-state index in [1.165, 1.54) is 9.90 Å². The Labute approximate surface area is 202 Å². The van der Waals surface area contributed by atoms with Gasteiger partial charge in [-0.1, -0.05) is 60.5 Å². The number of amides is 2. The van der Waals surface area contributed by atoms with Gasteiger partial charge >= 0.3 is 6.03 Å². The fourth-order valence-electron chi connectivity index (χ4n) is 3.64. The molecule has 1 unspecified atom stereocenters. The maximum atomic E-state index is 13.0. The van der Waals surface area contributed by atoms with E-state index in [9.17, 15) is 4.79 Å². The number of nitrogens with zero attached hydrogens (tertiary/aromatic N) is 2. The van der Waals surface area contributed by atoms with E-state index in [0.717, 1.165) is 23.4 Å². The van der Waals surface area contributed by atoms with Gasteiger partial charge in [0.2, 0.25) is 0 Å². The standard InChI is InChI=1S/C25H23Cl2N3OS/c1-25(15-16-32-22-5-3-2-4-6-22)17-30(24(31)28-21-13-11-20(27)12-14-21)29-23(25)18-7-9-19(26)10-8-18/h2-14H,15-17H2,1H3,(H,28,31). The molecule has 3 aromatic carbocycles. The van der Waals surface area contributed by atoms with Gasteiger partial charge in [0.25, 0.3) is 0 Å². The summed E-state index contributed by atoms with van der Waals surface area (Å²) in [5.74, 6) is 0.916. The zero-order chi connectivity index (χ0) is 22.6. The van der Waals surface area contributed by atoms with Crippen LogP contribution in [0.1, 0.15) is 18.9 Å². The molecule has 1 N–H and O–H groups in total. The SMILES string of the molecule is CC1(CCSc2ccccc2)CN(C(=O)Nc2ccc(Cl)cc2)N=C1c1ccc(Cl)cc1. The van der Waals surface area contributed by atoms with Crippen molar-refractivity contribution in [2.75, 3.05) is 17.6 Å². The lowest BCUT2D eigenvalue weighted by Crippen LogP contribution is -2.36. The summed E-state index contributed by atoms with van der Waals surface area (Å²) in [6.45, 7) is 2.67. The summed E-state index contributed by atoms with van der Waals surface area (Å²) in [6, 6.07) is 24.7. The lowest BCUT2D eigenvalue weighted by molar-refractivity contribution is 0.207. The Bertz CT molecular complexity index is 1100. The topological polar surface area (TPSA) is 44.7 Å². The molecule has 2 amide bonds. The van der Waals surface area contributed by atoms with Crippen molar-refractivity contribution in [1.82, 2.24) is 5.01 Å². The molecule has 1 aliphatic heterocycles. The summed E-state index contributed by atoms with van der Waals surface area (Å²) in [5.41, 5.74) is 2.26. The minimum Gasteiger partial charge on any atom is -0.306 e. The van der Waals surface area contributed by atoms with E-state index in [1.54, 1.807) is 24.3 Å². The highest BCUT2D eigenvalue weighted by Gasteiger charge is 2.41. The van der Waals surface area contributed by atoms with Crippen molar-refractivity contribution in [3.63, 3.8) is 0 Å². The molecule has 0 saturated carbocycles. The predicted molar refractivity (Wildman–Crippen MR) is 135 cm³/mol. The molecule has 7 heteroatoms. The first-order chi connectivity index (χ1) is 15.4. The second-order valence-electron chi connectivity index (χ2n) is 7.92. The summed E-state index contributed by atoms with van der Waals surface area (Å²) in [5, 5.41) is 10.5. The Balaban J connectivity index is 1.53. The summed E-state index contributed by atoms with van der Waals surface area (Å²) >= 11 is 13.9. The molecule has 32 heavy (non-hydrogen) atoms. The number of carbonyl (C=O) groups excluding carboxylic acids is 1. The zero-order valence-electron chi connectivity index (χ0n) is 17.6. The van der Waals surface area contributed by atoms with E-state index < -0.39 is 0 Å². The number of hydrogen-bond donors (Lipinski definition) is 1. The molecule has 0 saturated heterocycles. The molecule has 0 aromatic heterocycles. The van der Waals surface area contributed by atoms with Gasteiger partial charge in [0.1, 0.15) is 0 Å². The van der Waals surface area contributed by atoms with Gasteiger partial charge in [-0.2, -0.15) is 5.10 Å². The molecule has 164 valence electrons. The molecular formula is C25H23Cl2N3OS. The number of rotatable bonds is 6. The highest BCUT2D eigenvalue weighted by Crippen LogP contribution is 2.37. The molecule has 3 aromatic rings. The van der Waals surface area contributed by atoms with Crippen LogP contribution in [0.25, 0.3) is 0 Å². The largest absolute Gasteiger partial charge is 0.342 e. The highest BCUT2D eigenvalue weighted by molar-refractivity contribution is 7.99. The first-order valence-corrected chi connectivity index (χ1v) is 12.0. The summed E-state index contributed by atoms with van der Waals surface area (Å²) in [4.78, 5) is 14.2. The molecule has 1 heterocycles. The molecule has 4 rings (SSSR count). The zero-order valence-corrected chi connectivity index (χ0v) is 19.9. The quantitative estimate of drug-likeness (QED) is 0.370. The number of anilines is 1. The number of hydrogen-bond acceptors (Lipinski definition) is 3. The van der Waals surface area contributed by atoms with Crippen molar-refractivity contribution < 1.29 is 4.79 Å². The average Bonchev–Trinajstić information content (AvgIpc) is 3.14. The van der Waals surface area contributed by atoms with Crippen LogP contribution < -0.4 is 5.32 Å². The highest BCUT2D eigenvalue weighted by atomic mass is 35.5. The number of nitrogens with one attached hydrogen (secondary N) is 1. The second kappa shape index (κ2) is 9.99. The number of urea groups is 1. The first-order valence-electron chi connectivity index (χ1n) is 10.3. The van der Waals surface area contributed by atoms with Crippen LogP contribution in [-0.2, 0) is 0 Å². The van der Waals surface area contributed by atoms with Gasteiger partial charge in [-0.25, -0.2) is 9.80 Å². The van der Waals surface area contributed by atoms with E-state index in [-0.39, 0.29) is 11.4 Å². The van der Waals surface area contributed by atoms with Gasteiger partial charge in [-0.15, -0.1) is 11.8 Å². The molecule has 4 nitrogen and oxygen atoms in total. The molecule has 1 aliphatic rings. The second-order valence-corrected chi connectivity index (χ2v) is 9.96. The molecular weight excluding hydrogens is 461 g/mol. The number of thioether (sulfide) groups is 1. The summed E-state index contributed by atoms with van der Waals surface area (Å²) in [7, 11) is 0. The molecule has 0 bridgehead atoms. The molecule has 0 radical (unpaired) electrons. The van der Waals surface area contributed by atoms with Crippen LogP contribution >= 0.6 is 35.0 Å². The van der Waals surface area contributed by atoms with Gasteiger partial charge in [-0.3, -0.25) is 0 Å². The van der Waals surface area contributed by atoms with Crippen molar-refractivity contribution in [1.29, 1.82) is 0 Å². The third-order valence-corrected chi connectivity index (χ3v) is 6.92. The van der Waals surface area contributed by atoms with Crippen LogP contribution in [0, 0.1) is 5.41 Å². The minimum atomic E-state index is -0.285. The predicted octanol–water partition coefficient (Wildman–Crippen LogP) is 7.43. The van der Waals surface area contributed by atoms with Crippen molar-refractivity contribution in [3.8, 4) is 0 Å². The van der Waals surface area contributed by atoms with Crippen LogP contribution in [-0.4, -0.2) is 29.0 Å². The smallest absolute Gasteiger partial charge is 0.306 e. The fraction of sp³-hybridized carbons (Fsp3) is 0.200. The third-order valence-electron chi connectivity index (χ3n) is 5.40. The number of benzene rings is 3. The Morgan fingerprint density at radius 1 is 1.00 bits per heavy atom. The van der Waals surface area contributed by atoms with E-state index in [4.69, 9.17) is 28.3 Å². The number of halogens is 2. The summed E-state index contributed by atoms with van der Waals surface area (Å²) < 4.78 is 0. The third kappa shape index (κ3) is 5.47. The maximum absolute atomic E-state index is 13.0. The molecule has 0 spiro atoms. The lowest BCUT2D eigenvalue weighted by Gasteiger charge is -2.26. The van der Waals surface area contributed by atoms with Gasteiger partial charge in [-0.05, 0) is 66.3 Å². The monoisotopic (exact) mass is 483 g/mol. The summed E-state index contributed by atoms with van der Waals surface area (Å²) in [6.07, 6.45) is 0.874. The van der Waals surface area contributed by atoms with Gasteiger partial charge in [0, 0.05) is 26.0 Å². The van der Waals surface area contributed by atoms with Gasteiger partial charge in [0.05, 0.1) is 12.3 Å². The van der Waals surface area contributed by atoms with Crippen LogP contribution in [0.2, 0.25) is 10.0 Å².